The Labute approximate surface area is 199 Å². The molecule has 2 aromatic carbocycles. The molecule has 198 valence electrons. The first-order chi connectivity index (χ1) is 16.6. The molecule has 2 aromatic rings. The normalized spacial score (nSPS) is 12.6. The standard InChI is InChI=1S/C22H20F8N2O4/c1-35-15-7-3-13(4-8-15)11-31-17(33)19(23,24)21(27,28)22(29,30)20(25,26)18(34)32-12-14-5-9-16(36-2)10-6-14/h3-10H,11-12H2,1-2H3,(H,31,33)(H,32,34). The minimum atomic E-state index is -6.95. The van der Waals surface area contributed by atoms with Crippen molar-refractivity contribution in [2.24, 2.45) is 0 Å². The number of nitrogens with one attached hydrogen (secondary N) is 2. The molecule has 0 saturated carbocycles. The van der Waals surface area contributed by atoms with Crippen molar-refractivity contribution in [3.63, 3.8) is 0 Å². The van der Waals surface area contributed by atoms with Gasteiger partial charge in [0.2, 0.25) is 0 Å². The van der Waals surface area contributed by atoms with Gasteiger partial charge in [0.05, 0.1) is 14.2 Å². The zero-order valence-electron chi connectivity index (χ0n) is 18.7. The summed E-state index contributed by atoms with van der Waals surface area (Å²) in [6.07, 6.45) is 0. The van der Waals surface area contributed by atoms with Gasteiger partial charge >= 0.3 is 23.7 Å². The van der Waals surface area contributed by atoms with Gasteiger partial charge in [-0.15, -0.1) is 0 Å². The van der Waals surface area contributed by atoms with Crippen LogP contribution in [0, 0.1) is 0 Å². The van der Waals surface area contributed by atoms with Crippen molar-refractivity contribution in [3.05, 3.63) is 59.7 Å². The number of alkyl halides is 8. The molecule has 0 heterocycles. The molecule has 36 heavy (non-hydrogen) atoms. The third-order valence-corrected chi connectivity index (χ3v) is 4.98. The number of hydrogen-bond acceptors (Lipinski definition) is 4. The fourth-order valence-electron chi connectivity index (χ4n) is 2.75. The number of rotatable bonds is 11. The Morgan fingerprint density at radius 2 is 0.889 bits per heavy atom. The topological polar surface area (TPSA) is 76.7 Å². The molecule has 2 amide bonds. The van der Waals surface area contributed by atoms with Crippen molar-refractivity contribution in [2.45, 2.75) is 36.8 Å². The van der Waals surface area contributed by atoms with E-state index in [1.807, 2.05) is 0 Å². The summed E-state index contributed by atoms with van der Waals surface area (Å²) in [4.78, 5) is 23.3. The highest BCUT2D eigenvalue weighted by Crippen LogP contribution is 2.52. The minimum absolute atomic E-state index is 0.0817. The van der Waals surface area contributed by atoms with Crippen LogP contribution in [0.4, 0.5) is 35.1 Å². The van der Waals surface area contributed by atoms with Crippen LogP contribution >= 0.6 is 0 Å². The van der Waals surface area contributed by atoms with Gasteiger partial charge in [0.15, 0.2) is 0 Å². The molecule has 0 aliphatic carbocycles. The average molecular weight is 528 g/mol. The molecule has 0 aromatic heterocycles. The first kappa shape index (κ1) is 28.7. The quantitative estimate of drug-likeness (QED) is 0.430. The van der Waals surface area contributed by atoms with E-state index in [-0.39, 0.29) is 11.1 Å². The molecule has 2 N–H and O–H groups in total. The Bertz CT molecular complexity index is 975. The van der Waals surface area contributed by atoms with Crippen LogP contribution in [0.3, 0.4) is 0 Å². The molecule has 14 heteroatoms. The smallest absolute Gasteiger partial charge is 0.392 e. The predicted molar refractivity (Wildman–Crippen MR) is 109 cm³/mol. The number of carbonyl (C=O) groups excluding carboxylic acids is 2. The van der Waals surface area contributed by atoms with Crippen molar-refractivity contribution in [1.29, 1.82) is 0 Å². The second-order valence-corrected chi connectivity index (χ2v) is 7.36. The number of amides is 2. The summed E-state index contributed by atoms with van der Waals surface area (Å²) < 4.78 is 122. The number of carbonyl (C=O) groups is 2. The van der Waals surface area contributed by atoms with Crippen LogP contribution in [0.1, 0.15) is 11.1 Å². The van der Waals surface area contributed by atoms with Crippen molar-refractivity contribution in [3.8, 4) is 11.5 Å². The fraction of sp³-hybridized carbons (Fsp3) is 0.364. The number of methoxy groups -OCH3 is 2. The largest absolute Gasteiger partial charge is 0.497 e. The molecule has 0 spiro atoms. The maximum Gasteiger partial charge on any atom is 0.392 e. The maximum absolute atomic E-state index is 14.1. The number of ether oxygens (including phenoxy) is 2. The molecule has 0 aliphatic rings. The molecule has 0 unspecified atom stereocenters. The van der Waals surface area contributed by atoms with Crippen LogP contribution in [-0.4, -0.2) is 49.7 Å². The summed E-state index contributed by atoms with van der Waals surface area (Å²) >= 11 is 0. The van der Waals surface area contributed by atoms with E-state index in [2.05, 4.69) is 0 Å². The summed E-state index contributed by atoms with van der Waals surface area (Å²) in [5.41, 5.74) is 0.163. The van der Waals surface area contributed by atoms with Gasteiger partial charge in [-0.25, -0.2) is 0 Å². The zero-order chi connectivity index (χ0) is 27.4. The van der Waals surface area contributed by atoms with Crippen molar-refractivity contribution < 1.29 is 54.2 Å². The van der Waals surface area contributed by atoms with Gasteiger partial charge in [-0.1, -0.05) is 24.3 Å². The van der Waals surface area contributed by atoms with E-state index < -0.39 is 48.6 Å². The van der Waals surface area contributed by atoms with Crippen LogP contribution < -0.4 is 20.1 Å². The van der Waals surface area contributed by atoms with Crippen LogP contribution in [0.15, 0.2) is 48.5 Å². The van der Waals surface area contributed by atoms with E-state index in [0.717, 1.165) is 0 Å². The Hall–Kier alpha value is -3.58. The Morgan fingerprint density at radius 3 is 1.14 bits per heavy atom. The van der Waals surface area contributed by atoms with E-state index in [9.17, 15) is 44.7 Å². The van der Waals surface area contributed by atoms with Crippen LogP contribution in [0.2, 0.25) is 0 Å². The van der Waals surface area contributed by atoms with Gasteiger partial charge in [-0.3, -0.25) is 9.59 Å². The van der Waals surface area contributed by atoms with Crippen LogP contribution in [0.5, 0.6) is 11.5 Å². The van der Waals surface area contributed by atoms with E-state index >= 15 is 0 Å². The molecule has 0 aliphatic heterocycles. The van der Waals surface area contributed by atoms with Crippen LogP contribution in [0.25, 0.3) is 0 Å². The average Bonchev–Trinajstić information content (AvgIpc) is 2.85. The lowest BCUT2D eigenvalue weighted by Crippen LogP contribution is -2.68. The van der Waals surface area contributed by atoms with Gasteiger partial charge < -0.3 is 20.1 Å². The lowest BCUT2D eigenvalue weighted by molar-refractivity contribution is -0.347. The lowest BCUT2D eigenvalue weighted by atomic mass is 9.97. The maximum atomic E-state index is 14.1. The van der Waals surface area contributed by atoms with E-state index in [1.54, 1.807) is 0 Å². The lowest BCUT2D eigenvalue weighted by Gasteiger charge is -2.35. The summed E-state index contributed by atoms with van der Waals surface area (Å²) in [7, 11) is 2.63. The van der Waals surface area contributed by atoms with E-state index in [4.69, 9.17) is 9.47 Å². The van der Waals surface area contributed by atoms with Crippen LogP contribution in [-0.2, 0) is 22.7 Å². The zero-order valence-corrected chi connectivity index (χ0v) is 18.7. The second-order valence-electron chi connectivity index (χ2n) is 7.36. The number of benzene rings is 2. The Morgan fingerprint density at radius 1 is 0.611 bits per heavy atom. The van der Waals surface area contributed by atoms with E-state index in [1.165, 1.54) is 73.4 Å². The summed E-state index contributed by atoms with van der Waals surface area (Å²) in [5, 5.41) is 2.59. The monoisotopic (exact) mass is 528 g/mol. The predicted octanol–water partition coefficient (Wildman–Crippen LogP) is 4.18. The first-order valence-electron chi connectivity index (χ1n) is 9.95. The van der Waals surface area contributed by atoms with E-state index in [0.29, 0.717) is 11.5 Å². The van der Waals surface area contributed by atoms with Gasteiger partial charge in [0.25, 0.3) is 11.8 Å². The van der Waals surface area contributed by atoms with Crippen molar-refractivity contribution >= 4 is 11.8 Å². The Kier molecular flexibility index (Phi) is 8.42. The van der Waals surface area contributed by atoms with Crippen molar-refractivity contribution in [2.75, 3.05) is 14.2 Å². The molecule has 0 atom stereocenters. The molecular weight excluding hydrogens is 508 g/mol. The minimum Gasteiger partial charge on any atom is -0.497 e. The second kappa shape index (κ2) is 10.6. The summed E-state index contributed by atoms with van der Waals surface area (Å²) in [6, 6.07) is 10.3. The van der Waals surface area contributed by atoms with Gasteiger partial charge in [0, 0.05) is 13.1 Å². The Balaban J connectivity index is 2.14. The fourth-order valence-corrected chi connectivity index (χ4v) is 2.75. The third-order valence-electron chi connectivity index (χ3n) is 4.98. The summed E-state index contributed by atoms with van der Waals surface area (Å²) in [6.45, 7) is -1.64. The van der Waals surface area contributed by atoms with Gasteiger partial charge in [-0.05, 0) is 35.4 Å². The van der Waals surface area contributed by atoms with Gasteiger partial charge in [-0.2, -0.15) is 35.1 Å². The highest BCUT2D eigenvalue weighted by Gasteiger charge is 2.84. The molecule has 6 nitrogen and oxygen atoms in total. The first-order valence-corrected chi connectivity index (χ1v) is 9.95. The van der Waals surface area contributed by atoms with Crippen molar-refractivity contribution in [1.82, 2.24) is 10.6 Å². The molecular formula is C22H20F8N2O4. The molecule has 0 radical (unpaired) electrons. The molecule has 0 saturated heterocycles. The molecule has 2 rings (SSSR count). The third kappa shape index (κ3) is 5.46. The van der Waals surface area contributed by atoms with Gasteiger partial charge in [0.1, 0.15) is 11.5 Å². The molecule has 0 bridgehead atoms. The number of halogens is 8. The highest BCUT2D eigenvalue weighted by molar-refractivity contribution is 5.87. The number of hydrogen-bond donors (Lipinski definition) is 2. The molecule has 0 fully saturated rings. The highest BCUT2D eigenvalue weighted by atomic mass is 19.4. The summed E-state index contributed by atoms with van der Waals surface area (Å²) in [5.74, 6) is -31.8. The SMILES string of the molecule is COc1ccc(CNC(=O)C(F)(F)C(F)(F)C(F)(F)C(F)(F)C(=O)NCc2ccc(OC)cc2)cc1.